The van der Waals surface area contributed by atoms with E-state index >= 15 is 0 Å². The van der Waals surface area contributed by atoms with Crippen molar-refractivity contribution in [3.8, 4) is 10.4 Å². The van der Waals surface area contributed by atoms with E-state index in [-0.39, 0.29) is 0 Å². The van der Waals surface area contributed by atoms with E-state index in [0.717, 1.165) is 16.1 Å². The maximum Gasteiger partial charge on any atom is 0.254 e. The molecule has 3 heterocycles. The molecule has 0 aliphatic rings. The molecular weight excluding hydrogens is 250 g/mol. The molecule has 0 amide bonds. The second kappa shape index (κ2) is 4.35. The fraction of sp³-hybridized carbons (Fsp3) is 0.182. The lowest BCUT2D eigenvalue weighted by atomic mass is 10.2. The highest BCUT2D eigenvalue weighted by Gasteiger charge is 2.16. The van der Waals surface area contributed by atoms with Gasteiger partial charge in [0.2, 0.25) is 0 Å². The number of anilines is 1. The molecule has 92 valence electrons. The molecule has 3 aromatic heterocycles. The van der Waals surface area contributed by atoms with Crippen LogP contribution in [0.1, 0.15) is 5.69 Å². The predicted molar refractivity (Wildman–Crippen MR) is 69.2 cm³/mol. The molecular formula is C11H11N5OS. The molecule has 0 atom stereocenters. The quantitative estimate of drug-likeness (QED) is 0.774. The number of aromatic nitrogens is 4. The van der Waals surface area contributed by atoms with Gasteiger partial charge < -0.3 is 10.5 Å². The van der Waals surface area contributed by atoms with E-state index in [1.165, 1.54) is 10.8 Å². The minimum atomic E-state index is 0.390. The molecule has 0 aliphatic heterocycles. The number of rotatable bonds is 3. The zero-order valence-corrected chi connectivity index (χ0v) is 10.5. The molecule has 0 fully saturated rings. The molecule has 0 bridgehead atoms. The van der Waals surface area contributed by atoms with Crippen molar-refractivity contribution in [2.24, 2.45) is 0 Å². The molecule has 3 rings (SSSR count). The zero-order chi connectivity index (χ0) is 12.5. The van der Waals surface area contributed by atoms with Gasteiger partial charge in [-0.15, -0.1) is 11.3 Å². The Morgan fingerprint density at radius 3 is 3.11 bits per heavy atom. The van der Waals surface area contributed by atoms with Crippen LogP contribution >= 0.6 is 11.3 Å². The number of nitrogens with two attached hydrogens (primary N) is 1. The van der Waals surface area contributed by atoms with Gasteiger partial charge >= 0.3 is 0 Å². The summed E-state index contributed by atoms with van der Waals surface area (Å²) in [4.78, 5) is 9.53. The summed E-state index contributed by atoms with van der Waals surface area (Å²) in [6.07, 6.45) is 1.44. The van der Waals surface area contributed by atoms with Crippen molar-refractivity contribution in [1.29, 1.82) is 0 Å². The SMILES string of the molecule is COCc1nc2ncnn2c(N)c1-c1cccs1. The van der Waals surface area contributed by atoms with E-state index in [9.17, 15) is 0 Å². The van der Waals surface area contributed by atoms with Crippen LogP contribution in [0.15, 0.2) is 23.8 Å². The fourth-order valence-corrected chi connectivity index (χ4v) is 2.64. The average Bonchev–Trinajstić information content (AvgIpc) is 2.99. The van der Waals surface area contributed by atoms with Gasteiger partial charge in [0.1, 0.15) is 12.1 Å². The van der Waals surface area contributed by atoms with E-state index < -0.39 is 0 Å². The Morgan fingerprint density at radius 2 is 2.39 bits per heavy atom. The Morgan fingerprint density at radius 1 is 1.50 bits per heavy atom. The largest absolute Gasteiger partial charge is 0.383 e. The van der Waals surface area contributed by atoms with Gasteiger partial charge in [-0.25, -0.2) is 4.98 Å². The van der Waals surface area contributed by atoms with Crippen molar-refractivity contribution in [2.75, 3.05) is 12.8 Å². The first-order valence-corrected chi connectivity index (χ1v) is 6.20. The Kier molecular flexibility index (Phi) is 2.69. The third kappa shape index (κ3) is 1.64. The summed E-state index contributed by atoms with van der Waals surface area (Å²) in [6, 6.07) is 3.97. The van der Waals surface area contributed by atoms with Crippen molar-refractivity contribution < 1.29 is 4.74 Å². The van der Waals surface area contributed by atoms with Crippen LogP contribution in [0.3, 0.4) is 0 Å². The number of nitrogen functional groups attached to an aromatic ring is 1. The molecule has 0 aliphatic carbocycles. The van der Waals surface area contributed by atoms with Crippen molar-refractivity contribution in [3.63, 3.8) is 0 Å². The highest BCUT2D eigenvalue weighted by molar-refractivity contribution is 7.13. The van der Waals surface area contributed by atoms with Gasteiger partial charge in [-0.3, -0.25) is 0 Å². The number of ether oxygens (including phenoxy) is 1. The van der Waals surface area contributed by atoms with E-state index in [1.807, 2.05) is 17.5 Å². The van der Waals surface area contributed by atoms with Crippen LogP contribution in [0.4, 0.5) is 5.82 Å². The monoisotopic (exact) mass is 261 g/mol. The minimum Gasteiger partial charge on any atom is -0.383 e. The first-order valence-electron chi connectivity index (χ1n) is 5.32. The Balaban J connectivity index is 2.32. The highest BCUT2D eigenvalue weighted by atomic mass is 32.1. The second-order valence-electron chi connectivity index (χ2n) is 3.70. The number of methoxy groups -OCH3 is 1. The number of nitrogens with zero attached hydrogens (tertiary/aromatic N) is 4. The van der Waals surface area contributed by atoms with Gasteiger partial charge in [0, 0.05) is 12.0 Å². The molecule has 0 aromatic carbocycles. The van der Waals surface area contributed by atoms with Crippen molar-refractivity contribution >= 4 is 22.9 Å². The summed E-state index contributed by atoms with van der Waals surface area (Å²) in [6.45, 7) is 0.390. The van der Waals surface area contributed by atoms with Crippen molar-refractivity contribution in [2.45, 2.75) is 6.61 Å². The molecule has 0 saturated carbocycles. The summed E-state index contributed by atoms with van der Waals surface area (Å²) in [7, 11) is 1.63. The molecule has 7 heteroatoms. The second-order valence-corrected chi connectivity index (χ2v) is 4.65. The first-order chi connectivity index (χ1) is 8.81. The van der Waals surface area contributed by atoms with Crippen LogP contribution < -0.4 is 5.73 Å². The Hall–Kier alpha value is -1.99. The van der Waals surface area contributed by atoms with E-state index in [1.54, 1.807) is 18.4 Å². The smallest absolute Gasteiger partial charge is 0.254 e. The summed E-state index contributed by atoms with van der Waals surface area (Å²) in [5.41, 5.74) is 7.80. The first kappa shape index (κ1) is 11.1. The number of thiophene rings is 1. The molecule has 3 aromatic rings. The van der Waals surface area contributed by atoms with Gasteiger partial charge in [0.25, 0.3) is 5.78 Å². The van der Waals surface area contributed by atoms with Crippen LogP contribution in [-0.4, -0.2) is 26.7 Å². The van der Waals surface area contributed by atoms with Gasteiger partial charge in [0.05, 0.1) is 17.9 Å². The number of hydrogen-bond donors (Lipinski definition) is 1. The van der Waals surface area contributed by atoms with Crippen LogP contribution in [0, 0.1) is 0 Å². The standard InChI is InChI=1S/C11H11N5OS/c1-17-5-7-9(8-3-2-4-18-8)10(12)16-11(15-7)13-6-14-16/h2-4,6H,5,12H2,1H3. The van der Waals surface area contributed by atoms with Crippen molar-refractivity contribution in [3.05, 3.63) is 29.5 Å². The molecule has 6 nitrogen and oxygen atoms in total. The van der Waals surface area contributed by atoms with Crippen molar-refractivity contribution in [1.82, 2.24) is 19.6 Å². The third-order valence-electron chi connectivity index (χ3n) is 2.59. The lowest BCUT2D eigenvalue weighted by Gasteiger charge is -2.10. The topological polar surface area (TPSA) is 78.3 Å². The lowest BCUT2D eigenvalue weighted by molar-refractivity contribution is 0.182. The van der Waals surface area contributed by atoms with Gasteiger partial charge in [-0.05, 0) is 11.4 Å². The molecule has 0 unspecified atom stereocenters. The molecule has 0 saturated heterocycles. The molecule has 18 heavy (non-hydrogen) atoms. The maximum absolute atomic E-state index is 6.16. The van der Waals surface area contributed by atoms with E-state index in [4.69, 9.17) is 10.5 Å². The van der Waals surface area contributed by atoms with Gasteiger partial charge in [-0.1, -0.05) is 6.07 Å². The molecule has 0 radical (unpaired) electrons. The van der Waals surface area contributed by atoms with Gasteiger partial charge in [0.15, 0.2) is 0 Å². The summed E-state index contributed by atoms with van der Waals surface area (Å²) in [5, 5.41) is 6.07. The normalized spacial score (nSPS) is 11.2. The fourth-order valence-electron chi connectivity index (χ4n) is 1.84. The number of fused-ring (bicyclic) bond motifs is 1. The van der Waals surface area contributed by atoms with Crippen LogP contribution in [0.2, 0.25) is 0 Å². The number of hydrogen-bond acceptors (Lipinski definition) is 6. The van der Waals surface area contributed by atoms with Crippen LogP contribution in [0.25, 0.3) is 16.2 Å². The van der Waals surface area contributed by atoms with Crippen LogP contribution in [-0.2, 0) is 11.3 Å². The van der Waals surface area contributed by atoms with Gasteiger partial charge in [-0.2, -0.15) is 14.6 Å². The predicted octanol–water partition coefficient (Wildman–Crippen LogP) is 1.58. The Bertz CT molecular complexity index is 676. The zero-order valence-electron chi connectivity index (χ0n) is 9.70. The van der Waals surface area contributed by atoms with Crippen LogP contribution in [0.5, 0.6) is 0 Å². The Labute approximate surface area is 107 Å². The third-order valence-corrected chi connectivity index (χ3v) is 3.47. The van der Waals surface area contributed by atoms with E-state index in [2.05, 4.69) is 15.1 Å². The minimum absolute atomic E-state index is 0.390. The lowest BCUT2D eigenvalue weighted by Crippen LogP contribution is -2.07. The average molecular weight is 261 g/mol. The maximum atomic E-state index is 6.16. The summed E-state index contributed by atoms with van der Waals surface area (Å²) < 4.78 is 6.71. The summed E-state index contributed by atoms with van der Waals surface area (Å²) in [5.74, 6) is 1.02. The summed E-state index contributed by atoms with van der Waals surface area (Å²) >= 11 is 1.60. The van der Waals surface area contributed by atoms with E-state index in [0.29, 0.717) is 18.2 Å². The highest BCUT2D eigenvalue weighted by Crippen LogP contribution is 2.32. The molecule has 2 N–H and O–H groups in total. The molecule has 0 spiro atoms.